The zero-order valence-corrected chi connectivity index (χ0v) is 6.53. The Hall–Kier alpha value is -1.71. The maximum atomic E-state index is 10.7. The van der Waals surface area contributed by atoms with Crippen LogP contribution < -0.4 is 5.32 Å². The lowest BCUT2D eigenvalue weighted by Crippen LogP contribution is -2.20. The maximum absolute atomic E-state index is 10.7. The normalized spacial score (nSPS) is 9.00. The highest BCUT2D eigenvalue weighted by Gasteiger charge is 1.94. The fraction of sp³-hybridized carbons (Fsp3) is 0.125. The molecule has 0 aromatic carbocycles. The van der Waals surface area contributed by atoms with Crippen LogP contribution in [0, 0.1) is 0 Å². The maximum Gasteiger partial charge on any atom is 0.243 e. The number of nitrogens with zero attached hydrogens (tertiary/aromatic N) is 2. The monoisotopic (exact) mass is 163 g/mol. The van der Waals surface area contributed by atoms with Crippen molar-refractivity contribution >= 4 is 5.91 Å². The van der Waals surface area contributed by atoms with Gasteiger partial charge in [0.25, 0.3) is 0 Å². The van der Waals surface area contributed by atoms with Crippen molar-refractivity contribution in [3.8, 4) is 0 Å². The molecule has 1 N–H and O–H groups in total. The van der Waals surface area contributed by atoms with Crippen LogP contribution in [-0.2, 0) is 11.3 Å². The van der Waals surface area contributed by atoms with Gasteiger partial charge >= 0.3 is 0 Å². The van der Waals surface area contributed by atoms with E-state index in [0.29, 0.717) is 6.54 Å². The minimum absolute atomic E-state index is 0.200. The van der Waals surface area contributed by atoms with Gasteiger partial charge < -0.3 is 5.32 Å². The number of hydrogen-bond acceptors (Lipinski definition) is 3. The number of rotatable bonds is 3. The van der Waals surface area contributed by atoms with E-state index in [9.17, 15) is 4.79 Å². The lowest BCUT2D eigenvalue weighted by Gasteiger charge is -1.99. The zero-order valence-electron chi connectivity index (χ0n) is 6.53. The van der Waals surface area contributed by atoms with E-state index in [-0.39, 0.29) is 5.91 Å². The van der Waals surface area contributed by atoms with E-state index in [1.54, 1.807) is 12.3 Å². The SMILES string of the molecule is C=CC(=O)NCc1ccncn1. The van der Waals surface area contributed by atoms with Crippen molar-refractivity contribution in [2.24, 2.45) is 0 Å². The van der Waals surface area contributed by atoms with Gasteiger partial charge in [-0.1, -0.05) is 6.58 Å². The molecule has 0 aliphatic rings. The summed E-state index contributed by atoms with van der Waals surface area (Å²) in [6.45, 7) is 3.74. The van der Waals surface area contributed by atoms with Crippen molar-refractivity contribution in [3.05, 3.63) is 36.9 Å². The van der Waals surface area contributed by atoms with Gasteiger partial charge in [-0.05, 0) is 12.1 Å². The van der Waals surface area contributed by atoms with E-state index in [0.717, 1.165) is 5.69 Å². The molecule has 0 aliphatic heterocycles. The molecule has 12 heavy (non-hydrogen) atoms. The summed E-state index contributed by atoms with van der Waals surface area (Å²) >= 11 is 0. The van der Waals surface area contributed by atoms with Gasteiger partial charge in [0.2, 0.25) is 5.91 Å². The average Bonchev–Trinajstić information content (AvgIpc) is 2.16. The summed E-state index contributed by atoms with van der Waals surface area (Å²) in [5.41, 5.74) is 0.778. The van der Waals surface area contributed by atoms with Crippen molar-refractivity contribution < 1.29 is 4.79 Å². The standard InChI is InChI=1S/C8H9N3O/c1-2-8(12)10-5-7-3-4-9-6-11-7/h2-4,6H,1,5H2,(H,10,12). The van der Waals surface area contributed by atoms with Crippen molar-refractivity contribution in [2.45, 2.75) is 6.54 Å². The number of hydrogen-bond donors (Lipinski definition) is 1. The highest BCUT2D eigenvalue weighted by molar-refractivity contribution is 5.86. The Morgan fingerprint density at radius 3 is 3.17 bits per heavy atom. The third-order valence-electron chi connectivity index (χ3n) is 1.27. The van der Waals surface area contributed by atoms with E-state index in [2.05, 4.69) is 21.9 Å². The molecule has 4 heteroatoms. The first-order valence-corrected chi connectivity index (χ1v) is 3.48. The molecule has 1 aromatic heterocycles. The minimum atomic E-state index is -0.200. The molecule has 0 atom stereocenters. The summed E-state index contributed by atoms with van der Waals surface area (Å²) < 4.78 is 0. The molecule has 0 unspecified atom stereocenters. The number of nitrogens with one attached hydrogen (secondary N) is 1. The van der Waals surface area contributed by atoms with Gasteiger partial charge in [-0.15, -0.1) is 0 Å². The predicted molar refractivity (Wildman–Crippen MR) is 44.1 cm³/mol. The van der Waals surface area contributed by atoms with Crippen LogP contribution >= 0.6 is 0 Å². The molecule has 0 radical (unpaired) electrons. The van der Waals surface area contributed by atoms with Crippen LogP contribution in [-0.4, -0.2) is 15.9 Å². The lowest BCUT2D eigenvalue weighted by atomic mass is 10.4. The molecule has 0 bridgehead atoms. The molecule has 0 spiro atoms. The molecular weight excluding hydrogens is 154 g/mol. The van der Waals surface area contributed by atoms with Crippen molar-refractivity contribution in [2.75, 3.05) is 0 Å². The predicted octanol–water partition coefficient (Wildman–Crippen LogP) is 0.279. The Morgan fingerprint density at radius 1 is 1.75 bits per heavy atom. The molecule has 1 amide bonds. The lowest BCUT2D eigenvalue weighted by molar-refractivity contribution is -0.116. The molecular formula is C8H9N3O. The van der Waals surface area contributed by atoms with E-state index in [1.165, 1.54) is 12.4 Å². The summed E-state index contributed by atoms with van der Waals surface area (Å²) in [7, 11) is 0. The molecule has 0 aliphatic carbocycles. The highest BCUT2D eigenvalue weighted by Crippen LogP contribution is 1.88. The van der Waals surface area contributed by atoms with Gasteiger partial charge in [0.1, 0.15) is 6.33 Å². The first-order chi connectivity index (χ1) is 5.83. The van der Waals surface area contributed by atoms with Gasteiger partial charge in [-0.3, -0.25) is 4.79 Å². The highest BCUT2D eigenvalue weighted by atomic mass is 16.1. The second-order valence-electron chi connectivity index (χ2n) is 2.12. The Labute approximate surface area is 70.4 Å². The molecule has 1 heterocycles. The van der Waals surface area contributed by atoms with Crippen LogP contribution in [0.15, 0.2) is 31.2 Å². The summed E-state index contributed by atoms with van der Waals surface area (Å²) in [5.74, 6) is -0.200. The molecule has 0 fully saturated rings. The second kappa shape index (κ2) is 4.23. The summed E-state index contributed by atoms with van der Waals surface area (Å²) in [4.78, 5) is 18.4. The van der Waals surface area contributed by atoms with Gasteiger partial charge in [-0.25, -0.2) is 9.97 Å². The minimum Gasteiger partial charge on any atom is -0.347 e. The number of aromatic nitrogens is 2. The molecule has 0 saturated heterocycles. The molecule has 1 aromatic rings. The van der Waals surface area contributed by atoms with Crippen LogP contribution in [0.25, 0.3) is 0 Å². The Balaban J connectivity index is 2.43. The summed E-state index contributed by atoms with van der Waals surface area (Å²) in [6, 6.07) is 1.74. The Kier molecular flexibility index (Phi) is 2.95. The zero-order chi connectivity index (χ0) is 8.81. The average molecular weight is 163 g/mol. The van der Waals surface area contributed by atoms with E-state index < -0.39 is 0 Å². The van der Waals surface area contributed by atoms with Gasteiger partial charge in [0, 0.05) is 6.20 Å². The summed E-state index contributed by atoms with van der Waals surface area (Å²) in [5, 5.41) is 2.60. The number of carbonyl (C=O) groups excluding carboxylic acids is 1. The third kappa shape index (κ3) is 2.49. The quantitative estimate of drug-likeness (QED) is 0.651. The first kappa shape index (κ1) is 8.39. The fourth-order valence-electron chi connectivity index (χ4n) is 0.672. The number of carbonyl (C=O) groups is 1. The fourth-order valence-corrected chi connectivity index (χ4v) is 0.672. The van der Waals surface area contributed by atoms with Crippen LogP contribution in [0.2, 0.25) is 0 Å². The van der Waals surface area contributed by atoms with Crippen LogP contribution in [0.1, 0.15) is 5.69 Å². The van der Waals surface area contributed by atoms with E-state index in [1.807, 2.05) is 0 Å². The Bertz CT molecular complexity index is 271. The van der Waals surface area contributed by atoms with Crippen LogP contribution in [0.3, 0.4) is 0 Å². The topological polar surface area (TPSA) is 54.9 Å². The van der Waals surface area contributed by atoms with Crippen LogP contribution in [0.4, 0.5) is 0 Å². The molecule has 0 saturated carbocycles. The van der Waals surface area contributed by atoms with Crippen molar-refractivity contribution in [3.63, 3.8) is 0 Å². The second-order valence-corrected chi connectivity index (χ2v) is 2.12. The van der Waals surface area contributed by atoms with Gasteiger partial charge in [0.15, 0.2) is 0 Å². The molecule has 4 nitrogen and oxygen atoms in total. The number of amides is 1. The molecule has 1 rings (SSSR count). The third-order valence-corrected chi connectivity index (χ3v) is 1.27. The van der Waals surface area contributed by atoms with E-state index in [4.69, 9.17) is 0 Å². The van der Waals surface area contributed by atoms with Crippen LogP contribution in [0.5, 0.6) is 0 Å². The molecule has 62 valence electrons. The largest absolute Gasteiger partial charge is 0.347 e. The Morgan fingerprint density at radius 2 is 2.58 bits per heavy atom. The van der Waals surface area contributed by atoms with Gasteiger partial charge in [0.05, 0.1) is 12.2 Å². The van der Waals surface area contributed by atoms with Gasteiger partial charge in [-0.2, -0.15) is 0 Å². The smallest absolute Gasteiger partial charge is 0.243 e. The van der Waals surface area contributed by atoms with Crippen molar-refractivity contribution in [1.29, 1.82) is 0 Å². The van der Waals surface area contributed by atoms with E-state index >= 15 is 0 Å². The van der Waals surface area contributed by atoms with Crippen molar-refractivity contribution in [1.82, 2.24) is 15.3 Å². The first-order valence-electron chi connectivity index (χ1n) is 3.48. The summed E-state index contributed by atoms with van der Waals surface area (Å²) in [6.07, 6.45) is 4.29.